The molecule has 0 aromatic carbocycles. The lowest BCUT2D eigenvalue weighted by Crippen LogP contribution is -2.21. The molecule has 3 unspecified atom stereocenters. The van der Waals surface area contributed by atoms with Gasteiger partial charge in [0.1, 0.15) is 5.78 Å². The summed E-state index contributed by atoms with van der Waals surface area (Å²) < 4.78 is 5.22. The van der Waals surface area contributed by atoms with Gasteiger partial charge in [-0.2, -0.15) is 0 Å². The van der Waals surface area contributed by atoms with Crippen LogP contribution in [-0.4, -0.2) is 18.4 Å². The van der Waals surface area contributed by atoms with Crippen molar-refractivity contribution in [2.24, 2.45) is 23.2 Å². The number of hydrogen-bond acceptors (Lipinski definition) is 3. The number of carbonyl (C=O) groups is 2. The smallest absolute Gasteiger partial charge is 0.310 e. The number of hydrogen-bond donors (Lipinski definition) is 0. The van der Waals surface area contributed by atoms with Gasteiger partial charge in [-0.05, 0) is 17.8 Å². The summed E-state index contributed by atoms with van der Waals surface area (Å²) in [6, 6.07) is 0. The molecule has 0 radical (unpaired) electrons. The van der Waals surface area contributed by atoms with E-state index in [0.717, 1.165) is 6.42 Å². The van der Waals surface area contributed by atoms with E-state index in [9.17, 15) is 9.59 Å². The van der Waals surface area contributed by atoms with E-state index < -0.39 is 0 Å². The molecule has 0 aliphatic heterocycles. The van der Waals surface area contributed by atoms with Gasteiger partial charge < -0.3 is 4.74 Å². The molecule has 2 aliphatic carbocycles. The van der Waals surface area contributed by atoms with Gasteiger partial charge in [0, 0.05) is 12.3 Å². The molecule has 0 amide bonds. The van der Waals surface area contributed by atoms with Gasteiger partial charge in [-0.25, -0.2) is 0 Å². The van der Waals surface area contributed by atoms with Crippen molar-refractivity contribution in [2.75, 3.05) is 6.61 Å². The van der Waals surface area contributed by atoms with E-state index in [4.69, 9.17) is 4.74 Å². The van der Waals surface area contributed by atoms with E-state index in [2.05, 4.69) is 0 Å². The zero-order chi connectivity index (χ0) is 11.2. The van der Waals surface area contributed by atoms with Crippen LogP contribution in [-0.2, 0) is 14.3 Å². The molecule has 2 fully saturated rings. The Kier molecular flexibility index (Phi) is 2.36. The van der Waals surface area contributed by atoms with Gasteiger partial charge in [-0.1, -0.05) is 20.8 Å². The molecule has 0 spiro atoms. The molecular weight excluding hydrogens is 192 g/mol. The lowest BCUT2D eigenvalue weighted by Gasteiger charge is -2.18. The maximum absolute atomic E-state index is 11.6. The number of fused-ring (bicyclic) bond motifs is 1. The zero-order valence-electron chi connectivity index (χ0n) is 9.58. The molecule has 3 atom stereocenters. The first kappa shape index (κ1) is 10.7. The Labute approximate surface area is 90.2 Å². The van der Waals surface area contributed by atoms with Gasteiger partial charge in [-0.15, -0.1) is 0 Å². The number of carbonyl (C=O) groups excluding carboxylic acids is 2. The molecule has 15 heavy (non-hydrogen) atoms. The highest BCUT2D eigenvalue weighted by molar-refractivity contribution is 5.94. The number of ether oxygens (including phenoxy) is 1. The summed E-state index contributed by atoms with van der Waals surface area (Å²) in [5, 5.41) is 0. The van der Waals surface area contributed by atoms with Crippen molar-refractivity contribution in [3.63, 3.8) is 0 Å². The number of esters is 1. The van der Waals surface area contributed by atoms with Crippen LogP contribution in [0.3, 0.4) is 0 Å². The SMILES string of the molecule is CC(C)(C)COC(=O)C1C2CCC(=O)C21. The summed E-state index contributed by atoms with van der Waals surface area (Å²) in [4.78, 5) is 23.0. The number of rotatable bonds is 2. The van der Waals surface area contributed by atoms with Gasteiger partial charge in [-0.3, -0.25) is 9.59 Å². The molecule has 2 rings (SSSR count). The van der Waals surface area contributed by atoms with Crippen molar-refractivity contribution in [1.29, 1.82) is 0 Å². The molecule has 3 nitrogen and oxygen atoms in total. The highest BCUT2D eigenvalue weighted by atomic mass is 16.5. The van der Waals surface area contributed by atoms with Crippen LogP contribution in [0.2, 0.25) is 0 Å². The van der Waals surface area contributed by atoms with Crippen LogP contribution < -0.4 is 0 Å². The van der Waals surface area contributed by atoms with Crippen LogP contribution in [0, 0.1) is 23.2 Å². The van der Waals surface area contributed by atoms with E-state index in [-0.39, 0.29) is 29.0 Å². The van der Waals surface area contributed by atoms with Crippen molar-refractivity contribution in [3.05, 3.63) is 0 Å². The third-order valence-corrected chi connectivity index (χ3v) is 3.18. The summed E-state index contributed by atoms with van der Waals surface area (Å²) in [5.74, 6) is 0.321. The quantitative estimate of drug-likeness (QED) is 0.653. The second kappa shape index (κ2) is 3.32. The highest BCUT2D eigenvalue weighted by Gasteiger charge is 2.62. The molecule has 2 aliphatic rings. The fraction of sp³-hybridized carbons (Fsp3) is 0.833. The van der Waals surface area contributed by atoms with Gasteiger partial charge in [0.15, 0.2) is 0 Å². The van der Waals surface area contributed by atoms with Gasteiger partial charge >= 0.3 is 5.97 Å². The van der Waals surface area contributed by atoms with E-state index in [1.165, 1.54) is 0 Å². The first-order valence-corrected chi connectivity index (χ1v) is 5.59. The van der Waals surface area contributed by atoms with Crippen molar-refractivity contribution in [3.8, 4) is 0 Å². The Morgan fingerprint density at radius 2 is 2.13 bits per heavy atom. The average molecular weight is 210 g/mol. The fourth-order valence-corrected chi connectivity index (χ4v) is 2.35. The molecule has 0 bridgehead atoms. The molecule has 84 valence electrons. The minimum absolute atomic E-state index is 0.00364. The van der Waals surface area contributed by atoms with E-state index in [1.54, 1.807) is 0 Å². The minimum atomic E-state index is -0.159. The maximum atomic E-state index is 11.6. The summed E-state index contributed by atoms with van der Waals surface area (Å²) >= 11 is 0. The molecule has 0 heterocycles. The van der Waals surface area contributed by atoms with Gasteiger partial charge in [0.05, 0.1) is 12.5 Å². The highest BCUT2D eigenvalue weighted by Crippen LogP contribution is 2.55. The summed E-state index contributed by atoms with van der Waals surface area (Å²) in [7, 11) is 0. The van der Waals surface area contributed by atoms with Crippen molar-refractivity contribution < 1.29 is 14.3 Å². The molecule has 0 aromatic heterocycles. The number of Topliss-reactive ketones (excluding diaryl/α,β-unsaturated/α-hetero) is 1. The third kappa shape index (κ3) is 2.06. The lowest BCUT2D eigenvalue weighted by atomic mass is 9.99. The normalized spacial score (nSPS) is 33.8. The van der Waals surface area contributed by atoms with Crippen LogP contribution in [0.15, 0.2) is 0 Å². The Hall–Kier alpha value is -0.860. The average Bonchev–Trinajstić information content (AvgIpc) is 2.73. The summed E-state index contributed by atoms with van der Waals surface area (Å²) in [5.41, 5.74) is 0.00364. The zero-order valence-corrected chi connectivity index (χ0v) is 9.58. The van der Waals surface area contributed by atoms with E-state index in [0.29, 0.717) is 18.9 Å². The second-order valence-corrected chi connectivity index (χ2v) is 5.89. The molecule has 2 saturated carbocycles. The molecule has 0 saturated heterocycles. The molecule has 3 heteroatoms. The summed E-state index contributed by atoms with van der Waals surface area (Å²) in [6.45, 7) is 6.52. The van der Waals surface area contributed by atoms with Crippen LogP contribution in [0.25, 0.3) is 0 Å². The Morgan fingerprint density at radius 3 is 2.60 bits per heavy atom. The third-order valence-electron chi connectivity index (χ3n) is 3.18. The first-order valence-electron chi connectivity index (χ1n) is 5.59. The van der Waals surface area contributed by atoms with E-state index >= 15 is 0 Å². The topological polar surface area (TPSA) is 43.4 Å². The van der Waals surface area contributed by atoms with E-state index in [1.807, 2.05) is 20.8 Å². The van der Waals surface area contributed by atoms with Crippen LogP contribution >= 0.6 is 0 Å². The standard InChI is InChI=1S/C12H18O3/c1-12(2,3)6-15-11(14)10-7-4-5-8(13)9(7)10/h7,9-10H,4-6H2,1-3H3. The molecular formula is C12H18O3. The lowest BCUT2D eigenvalue weighted by molar-refractivity contribution is -0.149. The summed E-state index contributed by atoms with van der Waals surface area (Å²) in [6.07, 6.45) is 1.55. The predicted molar refractivity (Wildman–Crippen MR) is 55.1 cm³/mol. The van der Waals surface area contributed by atoms with Crippen molar-refractivity contribution in [1.82, 2.24) is 0 Å². The van der Waals surface area contributed by atoms with Crippen molar-refractivity contribution >= 4 is 11.8 Å². The largest absolute Gasteiger partial charge is 0.465 e. The number of ketones is 1. The van der Waals surface area contributed by atoms with Gasteiger partial charge in [0.25, 0.3) is 0 Å². The second-order valence-electron chi connectivity index (χ2n) is 5.89. The van der Waals surface area contributed by atoms with Crippen LogP contribution in [0.1, 0.15) is 33.6 Å². The van der Waals surface area contributed by atoms with Gasteiger partial charge in [0.2, 0.25) is 0 Å². The molecule has 0 aromatic rings. The molecule has 0 N–H and O–H groups in total. The Morgan fingerprint density at radius 1 is 1.47 bits per heavy atom. The Balaban J connectivity index is 1.82. The van der Waals surface area contributed by atoms with Crippen LogP contribution in [0.5, 0.6) is 0 Å². The first-order chi connectivity index (χ1) is 6.90. The Bertz CT molecular complexity index is 300. The predicted octanol–water partition coefficient (Wildman–Crippen LogP) is 1.80. The van der Waals surface area contributed by atoms with Crippen LogP contribution in [0.4, 0.5) is 0 Å². The maximum Gasteiger partial charge on any atom is 0.310 e. The fourth-order valence-electron chi connectivity index (χ4n) is 2.35. The monoisotopic (exact) mass is 210 g/mol. The van der Waals surface area contributed by atoms with Crippen molar-refractivity contribution in [2.45, 2.75) is 33.6 Å². The minimum Gasteiger partial charge on any atom is -0.465 e.